The van der Waals surface area contributed by atoms with Crippen LogP contribution >= 0.6 is 0 Å². The fraction of sp³-hybridized carbons (Fsp3) is 0.714. The summed E-state index contributed by atoms with van der Waals surface area (Å²) in [4.78, 5) is 25.4. The second-order valence-corrected chi connectivity index (χ2v) is 2.52. The third-order valence-corrected chi connectivity index (χ3v) is 1.83. The molecule has 5 heteroatoms. The zero-order valence-corrected chi connectivity index (χ0v) is 7.35. The van der Waals surface area contributed by atoms with Crippen molar-refractivity contribution in [2.24, 2.45) is 5.92 Å². The summed E-state index contributed by atoms with van der Waals surface area (Å²) >= 11 is 0. The van der Waals surface area contributed by atoms with E-state index in [4.69, 9.17) is 5.11 Å². The maximum absolute atomic E-state index is 10.5. The highest BCUT2D eigenvalue weighted by atomic mass is 16.7. The van der Waals surface area contributed by atoms with E-state index in [-0.39, 0.29) is 0 Å². The first kappa shape index (κ1) is 10.9. The summed E-state index contributed by atoms with van der Waals surface area (Å²) in [5, 5.41) is 9.57. The molecule has 0 aromatic rings. The number of carbonyl (C=O) groups is 2. The van der Waals surface area contributed by atoms with E-state index in [1.54, 1.807) is 6.92 Å². The van der Waals surface area contributed by atoms with Gasteiger partial charge in [-0.1, -0.05) is 0 Å². The lowest BCUT2D eigenvalue weighted by molar-refractivity contribution is -0.180. The smallest absolute Gasteiger partial charge is 0.308 e. The van der Waals surface area contributed by atoms with E-state index in [9.17, 15) is 9.59 Å². The molecule has 1 amide bonds. The number of amides is 1. The minimum absolute atomic E-state index is 0.462. The second-order valence-electron chi connectivity index (χ2n) is 2.52. The van der Waals surface area contributed by atoms with Crippen molar-refractivity contribution in [2.45, 2.75) is 19.9 Å². The average molecular weight is 175 g/mol. The highest BCUT2D eigenvalue weighted by Gasteiger charge is 2.24. The Hall–Kier alpha value is -1.10. The molecule has 0 saturated carbocycles. The summed E-state index contributed by atoms with van der Waals surface area (Å²) in [5.74, 6) is -1.60. The van der Waals surface area contributed by atoms with Crippen LogP contribution in [0.1, 0.15) is 13.8 Å². The molecule has 2 atom stereocenters. The standard InChI is InChI=1S/C7H13NO4/c1-5(7(10)11)6(2)8(4-9)12-3/h4-6H,1-3H3,(H,10,11). The van der Waals surface area contributed by atoms with Crippen LogP contribution in [-0.2, 0) is 14.4 Å². The normalized spacial score (nSPS) is 14.9. The van der Waals surface area contributed by atoms with Crippen molar-refractivity contribution < 1.29 is 19.5 Å². The Morgan fingerprint density at radius 1 is 1.58 bits per heavy atom. The van der Waals surface area contributed by atoms with Crippen LogP contribution in [-0.4, -0.2) is 35.7 Å². The summed E-state index contributed by atoms with van der Waals surface area (Å²) in [6.45, 7) is 3.12. The molecule has 0 aromatic heterocycles. The number of aliphatic carboxylic acids is 1. The van der Waals surface area contributed by atoms with Gasteiger partial charge < -0.3 is 5.11 Å². The predicted molar refractivity (Wildman–Crippen MR) is 41.2 cm³/mol. The van der Waals surface area contributed by atoms with Gasteiger partial charge in [0, 0.05) is 0 Å². The van der Waals surface area contributed by atoms with Gasteiger partial charge in [-0.3, -0.25) is 14.4 Å². The largest absolute Gasteiger partial charge is 0.481 e. The molecule has 1 N–H and O–H groups in total. The molecule has 0 fully saturated rings. The molecule has 0 aromatic carbocycles. The van der Waals surface area contributed by atoms with E-state index in [1.807, 2.05) is 0 Å². The quantitative estimate of drug-likeness (QED) is 0.476. The maximum Gasteiger partial charge on any atom is 0.308 e. The highest BCUT2D eigenvalue weighted by Crippen LogP contribution is 2.08. The third kappa shape index (κ3) is 2.50. The topological polar surface area (TPSA) is 66.8 Å². The van der Waals surface area contributed by atoms with Crippen LogP contribution in [0.4, 0.5) is 0 Å². The number of carboxylic acids is 1. The Kier molecular flexibility index (Phi) is 4.28. The molecular formula is C7H13NO4. The minimum Gasteiger partial charge on any atom is -0.481 e. The minimum atomic E-state index is -0.952. The molecular weight excluding hydrogens is 162 g/mol. The number of nitrogens with zero attached hydrogens (tertiary/aromatic N) is 1. The van der Waals surface area contributed by atoms with Crippen LogP contribution in [0.3, 0.4) is 0 Å². The van der Waals surface area contributed by atoms with Gasteiger partial charge in [0.15, 0.2) is 0 Å². The van der Waals surface area contributed by atoms with Gasteiger partial charge in [0.05, 0.1) is 19.1 Å². The van der Waals surface area contributed by atoms with Crippen LogP contribution < -0.4 is 0 Å². The number of hydrogen-bond acceptors (Lipinski definition) is 3. The Morgan fingerprint density at radius 2 is 2.08 bits per heavy atom. The molecule has 12 heavy (non-hydrogen) atoms. The van der Waals surface area contributed by atoms with Crippen LogP contribution in [0.25, 0.3) is 0 Å². The molecule has 0 aliphatic rings. The SMILES string of the molecule is CON(C=O)C(C)C(C)C(=O)O. The molecule has 2 unspecified atom stereocenters. The molecule has 0 rings (SSSR count). The van der Waals surface area contributed by atoms with Gasteiger partial charge in [0.2, 0.25) is 6.41 Å². The van der Waals surface area contributed by atoms with Gasteiger partial charge in [0.1, 0.15) is 0 Å². The Morgan fingerprint density at radius 3 is 2.33 bits per heavy atom. The lowest BCUT2D eigenvalue weighted by atomic mass is 10.0. The predicted octanol–water partition coefficient (Wildman–Crippen LogP) is 0.115. The molecule has 0 saturated heterocycles. The number of carboxylic acid groups (broad SMARTS) is 1. The van der Waals surface area contributed by atoms with Crippen molar-refractivity contribution in [3.8, 4) is 0 Å². The summed E-state index contributed by atoms with van der Waals surface area (Å²) in [7, 11) is 1.32. The van der Waals surface area contributed by atoms with Gasteiger partial charge in [-0.2, -0.15) is 0 Å². The second kappa shape index (κ2) is 4.71. The van der Waals surface area contributed by atoms with Crippen LogP contribution in [0, 0.1) is 5.92 Å². The van der Waals surface area contributed by atoms with Crippen molar-refractivity contribution >= 4 is 12.4 Å². The van der Waals surface area contributed by atoms with Crippen molar-refractivity contribution in [3.05, 3.63) is 0 Å². The zero-order valence-electron chi connectivity index (χ0n) is 7.35. The maximum atomic E-state index is 10.5. The van der Waals surface area contributed by atoms with E-state index in [2.05, 4.69) is 4.84 Å². The van der Waals surface area contributed by atoms with Crippen molar-refractivity contribution in [1.82, 2.24) is 5.06 Å². The Balaban J connectivity index is 4.24. The number of hydrogen-bond donors (Lipinski definition) is 1. The highest BCUT2D eigenvalue weighted by molar-refractivity contribution is 5.70. The van der Waals surface area contributed by atoms with E-state index >= 15 is 0 Å². The fourth-order valence-corrected chi connectivity index (χ4v) is 0.732. The van der Waals surface area contributed by atoms with Crippen molar-refractivity contribution in [3.63, 3.8) is 0 Å². The molecule has 0 heterocycles. The molecule has 0 aliphatic carbocycles. The molecule has 70 valence electrons. The summed E-state index contributed by atoms with van der Waals surface area (Å²) in [6.07, 6.45) is 0.462. The lowest BCUT2D eigenvalue weighted by Crippen LogP contribution is -2.38. The molecule has 0 radical (unpaired) electrons. The van der Waals surface area contributed by atoms with E-state index in [0.717, 1.165) is 5.06 Å². The van der Waals surface area contributed by atoms with E-state index in [1.165, 1.54) is 14.0 Å². The lowest BCUT2D eigenvalue weighted by Gasteiger charge is -2.24. The summed E-state index contributed by atoms with van der Waals surface area (Å²) in [5.41, 5.74) is 0. The molecule has 0 aliphatic heterocycles. The number of hydroxylamine groups is 2. The third-order valence-electron chi connectivity index (χ3n) is 1.83. The zero-order chi connectivity index (χ0) is 9.72. The van der Waals surface area contributed by atoms with Crippen LogP contribution in [0.15, 0.2) is 0 Å². The summed E-state index contributed by atoms with van der Waals surface area (Å²) < 4.78 is 0. The van der Waals surface area contributed by atoms with Gasteiger partial charge >= 0.3 is 5.97 Å². The first-order chi connectivity index (χ1) is 5.54. The van der Waals surface area contributed by atoms with Crippen LogP contribution in [0.2, 0.25) is 0 Å². The number of carbonyl (C=O) groups excluding carboxylic acids is 1. The van der Waals surface area contributed by atoms with E-state index in [0.29, 0.717) is 6.41 Å². The fourth-order valence-electron chi connectivity index (χ4n) is 0.732. The monoisotopic (exact) mass is 175 g/mol. The van der Waals surface area contributed by atoms with Gasteiger partial charge in [0.25, 0.3) is 0 Å². The first-order valence-electron chi connectivity index (χ1n) is 3.55. The molecule has 0 spiro atoms. The molecule has 0 bridgehead atoms. The van der Waals surface area contributed by atoms with Crippen molar-refractivity contribution in [2.75, 3.05) is 7.11 Å². The summed E-state index contributed by atoms with van der Waals surface area (Å²) in [6, 6.07) is -0.468. The van der Waals surface area contributed by atoms with E-state index < -0.39 is 17.9 Å². The van der Waals surface area contributed by atoms with Gasteiger partial charge in [-0.05, 0) is 13.8 Å². The Bertz CT molecular complexity index is 169. The Labute approximate surface area is 70.9 Å². The van der Waals surface area contributed by atoms with Gasteiger partial charge in [-0.25, -0.2) is 5.06 Å². The van der Waals surface area contributed by atoms with Crippen LogP contribution in [0.5, 0.6) is 0 Å². The molecule has 5 nitrogen and oxygen atoms in total. The van der Waals surface area contributed by atoms with Crippen molar-refractivity contribution in [1.29, 1.82) is 0 Å². The number of rotatable bonds is 5. The first-order valence-corrected chi connectivity index (χ1v) is 3.55. The van der Waals surface area contributed by atoms with Gasteiger partial charge in [-0.15, -0.1) is 0 Å². The average Bonchev–Trinajstić information content (AvgIpc) is 2.05.